The van der Waals surface area contributed by atoms with Crippen molar-refractivity contribution in [3.8, 4) is 0 Å². The third kappa shape index (κ3) is 5.02. The number of nitrogens with one attached hydrogen (secondary N) is 2. The second kappa shape index (κ2) is 8.92. The standard InChI is InChI=1S/C21H15ClFN3O2/c22-16-9-7-15(8-10-16)20(27)25-19-4-2-1-3-18(19)21(28)26-24-13-14-5-11-17(23)12-6-14/h1-13H,(H,25,27)(H,26,28)/b24-13-. The molecule has 0 radical (unpaired) electrons. The van der Waals surface area contributed by atoms with E-state index in [0.29, 0.717) is 21.8 Å². The van der Waals surface area contributed by atoms with Crippen LogP contribution in [0.2, 0.25) is 5.02 Å². The van der Waals surface area contributed by atoms with Crippen molar-refractivity contribution in [2.24, 2.45) is 5.10 Å². The van der Waals surface area contributed by atoms with E-state index in [1.165, 1.54) is 30.5 Å². The second-order valence-electron chi connectivity index (χ2n) is 5.76. The summed E-state index contributed by atoms with van der Waals surface area (Å²) in [6.45, 7) is 0. The molecule has 0 spiro atoms. The van der Waals surface area contributed by atoms with Gasteiger partial charge in [0, 0.05) is 10.6 Å². The Morgan fingerprint density at radius 2 is 1.57 bits per heavy atom. The summed E-state index contributed by atoms with van der Waals surface area (Å²) in [6, 6.07) is 18.6. The molecular weight excluding hydrogens is 381 g/mol. The van der Waals surface area contributed by atoms with Crippen LogP contribution < -0.4 is 10.7 Å². The van der Waals surface area contributed by atoms with Crippen LogP contribution in [0.3, 0.4) is 0 Å². The van der Waals surface area contributed by atoms with Gasteiger partial charge in [0.1, 0.15) is 5.82 Å². The van der Waals surface area contributed by atoms with Crippen molar-refractivity contribution in [2.45, 2.75) is 0 Å². The number of nitrogens with zero attached hydrogens (tertiary/aromatic N) is 1. The van der Waals surface area contributed by atoms with Crippen molar-refractivity contribution in [1.82, 2.24) is 5.43 Å². The number of rotatable bonds is 5. The minimum Gasteiger partial charge on any atom is -0.321 e. The first-order valence-electron chi connectivity index (χ1n) is 8.28. The first-order valence-corrected chi connectivity index (χ1v) is 8.65. The summed E-state index contributed by atoms with van der Waals surface area (Å²) < 4.78 is 12.9. The van der Waals surface area contributed by atoms with Gasteiger partial charge >= 0.3 is 0 Å². The number of halogens is 2. The average molecular weight is 396 g/mol. The van der Waals surface area contributed by atoms with E-state index in [-0.39, 0.29) is 17.3 Å². The van der Waals surface area contributed by atoms with Gasteiger partial charge in [0.25, 0.3) is 11.8 Å². The van der Waals surface area contributed by atoms with Crippen molar-refractivity contribution in [2.75, 3.05) is 5.32 Å². The van der Waals surface area contributed by atoms with E-state index in [0.717, 1.165) is 0 Å². The molecule has 3 aromatic rings. The van der Waals surface area contributed by atoms with E-state index >= 15 is 0 Å². The SMILES string of the molecule is O=C(Nc1ccccc1C(=O)N/N=C\c1ccc(F)cc1)c1ccc(Cl)cc1. The fraction of sp³-hybridized carbons (Fsp3) is 0. The Bertz CT molecular complexity index is 1020. The highest BCUT2D eigenvalue weighted by Gasteiger charge is 2.13. The molecule has 0 aromatic heterocycles. The number of hydrazone groups is 1. The van der Waals surface area contributed by atoms with Gasteiger partial charge in [-0.25, -0.2) is 9.82 Å². The first-order chi connectivity index (χ1) is 13.5. The number of hydrogen-bond acceptors (Lipinski definition) is 3. The van der Waals surface area contributed by atoms with Gasteiger partial charge in [-0.2, -0.15) is 5.10 Å². The number of carbonyl (C=O) groups excluding carboxylic acids is 2. The van der Waals surface area contributed by atoms with Crippen LogP contribution in [0.25, 0.3) is 0 Å². The number of para-hydroxylation sites is 1. The normalized spacial score (nSPS) is 10.6. The Balaban J connectivity index is 1.70. The first kappa shape index (κ1) is 19.3. The zero-order valence-corrected chi connectivity index (χ0v) is 15.3. The van der Waals surface area contributed by atoms with Gasteiger partial charge in [-0.1, -0.05) is 35.9 Å². The third-order valence-corrected chi connectivity index (χ3v) is 4.03. The van der Waals surface area contributed by atoms with Gasteiger partial charge in [0.2, 0.25) is 0 Å². The maximum atomic E-state index is 12.9. The second-order valence-corrected chi connectivity index (χ2v) is 6.19. The Morgan fingerprint density at radius 3 is 2.29 bits per heavy atom. The molecule has 3 rings (SSSR count). The smallest absolute Gasteiger partial charge is 0.273 e. The zero-order chi connectivity index (χ0) is 19.9. The van der Waals surface area contributed by atoms with Crippen LogP contribution in [0.5, 0.6) is 0 Å². The minimum absolute atomic E-state index is 0.251. The quantitative estimate of drug-likeness (QED) is 0.493. The molecule has 2 N–H and O–H groups in total. The lowest BCUT2D eigenvalue weighted by Crippen LogP contribution is -2.21. The molecule has 0 saturated heterocycles. The van der Waals surface area contributed by atoms with Crippen LogP contribution in [-0.4, -0.2) is 18.0 Å². The molecule has 0 bridgehead atoms. The minimum atomic E-state index is -0.495. The number of carbonyl (C=O) groups is 2. The molecule has 5 nitrogen and oxygen atoms in total. The molecule has 0 aliphatic carbocycles. The maximum Gasteiger partial charge on any atom is 0.273 e. The van der Waals surface area contributed by atoms with Crippen molar-refractivity contribution in [1.29, 1.82) is 0 Å². The maximum absolute atomic E-state index is 12.9. The molecule has 28 heavy (non-hydrogen) atoms. The Kier molecular flexibility index (Phi) is 6.14. The van der Waals surface area contributed by atoms with Crippen molar-refractivity contribution in [3.05, 3.63) is 100 Å². The molecule has 7 heteroatoms. The topological polar surface area (TPSA) is 70.6 Å². The summed E-state index contributed by atoms with van der Waals surface area (Å²) in [7, 11) is 0. The Labute approximate surface area is 165 Å². The molecule has 140 valence electrons. The van der Waals surface area contributed by atoms with Crippen LogP contribution in [0.1, 0.15) is 26.3 Å². The predicted molar refractivity (Wildman–Crippen MR) is 107 cm³/mol. The molecule has 0 atom stereocenters. The van der Waals surface area contributed by atoms with Crippen LogP contribution in [-0.2, 0) is 0 Å². The van der Waals surface area contributed by atoms with Gasteiger partial charge < -0.3 is 5.32 Å². The third-order valence-electron chi connectivity index (χ3n) is 3.78. The summed E-state index contributed by atoms with van der Waals surface area (Å²) in [5.41, 5.74) is 4.03. The lowest BCUT2D eigenvalue weighted by Gasteiger charge is -2.10. The summed E-state index contributed by atoms with van der Waals surface area (Å²) in [5.74, 6) is -1.22. The Morgan fingerprint density at radius 1 is 0.893 bits per heavy atom. The molecule has 0 aliphatic rings. The number of benzene rings is 3. The number of hydrogen-bond donors (Lipinski definition) is 2. The van der Waals surface area contributed by atoms with E-state index < -0.39 is 5.91 Å². The van der Waals surface area contributed by atoms with Crippen molar-refractivity contribution >= 4 is 35.3 Å². The predicted octanol–water partition coefficient (Wildman–Crippen LogP) is 4.50. The van der Waals surface area contributed by atoms with Gasteiger partial charge in [-0.3, -0.25) is 9.59 Å². The molecular formula is C21H15ClFN3O2. The summed E-state index contributed by atoms with van der Waals surface area (Å²) in [4.78, 5) is 24.8. The molecule has 0 unspecified atom stereocenters. The fourth-order valence-electron chi connectivity index (χ4n) is 2.36. The lowest BCUT2D eigenvalue weighted by atomic mass is 10.1. The van der Waals surface area contributed by atoms with Crippen LogP contribution >= 0.6 is 11.6 Å². The molecule has 2 amide bonds. The summed E-state index contributed by atoms with van der Waals surface area (Å²) >= 11 is 5.83. The highest BCUT2D eigenvalue weighted by atomic mass is 35.5. The lowest BCUT2D eigenvalue weighted by molar-refractivity contribution is 0.0956. The fourth-order valence-corrected chi connectivity index (χ4v) is 2.49. The van der Waals surface area contributed by atoms with Crippen LogP contribution in [0.15, 0.2) is 77.9 Å². The van der Waals surface area contributed by atoms with Gasteiger partial charge in [0.05, 0.1) is 17.5 Å². The highest BCUT2D eigenvalue weighted by molar-refractivity contribution is 6.30. The number of anilines is 1. The summed E-state index contributed by atoms with van der Waals surface area (Å²) in [5, 5.41) is 7.09. The number of amides is 2. The van der Waals surface area contributed by atoms with Crippen molar-refractivity contribution < 1.29 is 14.0 Å². The average Bonchev–Trinajstić information content (AvgIpc) is 2.70. The molecule has 0 heterocycles. The summed E-state index contributed by atoms with van der Waals surface area (Å²) in [6.07, 6.45) is 1.40. The molecule has 0 saturated carbocycles. The molecule has 0 fully saturated rings. The largest absolute Gasteiger partial charge is 0.321 e. The monoisotopic (exact) mass is 395 g/mol. The molecule has 3 aromatic carbocycles. The Hall–Kier alpha value is -3.51. The van der Waals surface area contributed by atoms with E-state index in [1.807, 2.05) is 0 Å². The van der Waals surface area contributed by atoms with Crippen LogP contribution in [0.4, 0.5) is 10.1 Å². The van der Waals surface area contributed by atoms with Gasteiger partial charge in [-0.15, -0.1) is 0 Å². The zero-order valence-electron chi connectivity index (χ0n) is 14.5. The molecule has 0 aliphatic heterocycles. The highest BCUT2D eigenvalue weighted by Crippen LogP contribution is 2.17. The van der Waals surface area contributed by atoms with Gasteiger partial charge in [0.15, 0.2) is 0 Å². The van der Waals surface area contributed by atoms with E-state index in [2.05, 4.69) is 15.8 Å². The van der Waals surface area contributed by atoms with Gasteiger partial charge in [-0.05, 0) is 54.1 Å². The van der Waals surface area contributed by atoms with Crippen LogP contribution in [0, 0.1) is 5.82 Å². The van der Waals surface area contributed by atoms with Crippen molar-refractivity contribution in [3.63, 3.8) is 0 Å². The van der Waals surface area contributed by atoms with E-state index in [1.54, 1.807) is 48.5 Å². The van der Waals surface area contributed by atoms with E-state index in [9.17, 15) is 14.0 Å². The van der Waals surface area contributed by atoms with E-state index in [4.69, 9.17) is 11.6 Å².